The molecule has 15 aromatic carbocycles. The van der Waals surface area contributed by atoms with Crippen LogP contribution in [0.15, 0.2) is 407 Å². The maximum absolute atomic E-state index is 6.28. The van der Waals surface area contributed by atoms with Crippen LogP contribution in [0.1, 0.15) is 137 Å². The van der Waals surface area contributed by atoms with Crippen LogP contribution in [-0.2, 0) is 16.2 Å². The summed E-state index contributed by atoms with van der Waals surface area (Å²) >= 11 is 0. The number of nitrogens with zero attached hydrogens (tertiary/aromatic N) is 2. The summed E-state index contributed by atoms with van der Waals surface area (Å²) < 4.78 is 12.6. The van der Waals surface area contributed by atoms with Gasteiger partial charge in [0.1, 0.15) is 11.5 Å². The monoisotopic (exact) mass is 1540 g/mol. The van der Waals surface area contributed by atoms with Gasteiger partial charge in [0.25, 0.3) is 0 Å². The summed E-state index contributed by atoms with van der Waals surface area (Å²) in [6, 6.07) is 139. The van der Waals surface area contributed by atoms with Gasteiger partial charge in [-0.05, 0) is 239 Å². The van der Waals surface area contributed by atoms with Crippen LogP contribution in [-0.4, -0.2) is 13.2 Å². The summed E-state index contributed by atoms with van der Waals surface area (Å²) in [5.41, 5.74) is 33.5. The summed E-state index contributed by atoms with van der Waals surface area (Å²) in [4.78, 5) is 5.16. The molecule has 0 saturated carbocycles. The summed E-state index contributed by atoms with van der Waals surface area (Å²) in [6.45, 7) is 9.26. The van der Waals surface area contributed by atoms with Gasteiger partial charge < -0.3 is 19.3 Å². The average molecular weight is 1540 g/mol. The SMILES string of the molecule is C=Cc1ccc(OCCCCCCC2(c3ccccc3)c3ccccc3-c3ccc(N(C4=CC5C(C=C4)c4ccccc4C54c5ccccc5-c5ccc(N(c6ccc(-c7ccccc7)cc6)c6ccc7c(c6)C(CCCCCCOc6ccc(C=C)cc6)(c6ccccc6)c6ccccc6-7)cc54)c4ccc(-c5ccccc5)cc4)cc32)cc1. The molecule has 119 heavy (non-hydrogen) atoms. The van der Waals surface area contributed by atoms with Crippen LogP contribution in [0.3, 0.4) is 0 Å². The lowest BCUT2D eigenvalue weighted by Gasteiger charge is -2.39. The molecule has 1 spiro atoms. The molecule has 4 nitrogen and oxygen atoms in total. The molecule has 5 aliphatic carbocycles. The number of hydrogen-bond acceptors (Lipinski definition) is 4. The van der Waals surface area contributed by atoms with E-state index in [0.29, 0.717) is 13.2 Å². The molecule has 578 valence electrons. The first-order chi connectivity index (χ1) is 58.9. The van der Waals surface area contributed by atoms with Crippen molar-refractivity contribution in [2.24, 2.45) is 5.92 Å². The molecule has 5 aliphatic rings. The molecule has 5 atom stereocenters. The van der Waals surface area contributed by atoms with Crippen molar-refractivity contribution < 1.29 is 9.47 Å². The van der Waals surface area contributed by atoms with E-state index in [0.717, 1.165) is 121 Å². The van der Waals surface area contributed by atoms with Crippen molar-refractivity contribution in [1.29, 1.82) is 0 Å². The molecule has 0 fully saturated rings. The number of benzene rings is 15. The molecule has 0 aromatic heterocycles. The van der Waals surface area contributed by atoms with Gasteiger partial charge in [-0.15, -0.1) is 0 Å². The van der Waals surface area contributed by atoms with Crippen molar-refractivity contribution in [1.82, 2.24) is 0 Å². The zero-order valence-corrected chi connectivity index (χ0v) is 67.4. The molecule has 0 heterocycles. The van der Waals surface area contributed by atoms with Crippen LogP contribution in [0, 0.1) is 5.92 Å². The van der Waals surface area contributed by atoms with E-state index in [1.165, 1.54) is 111 Å². The fraction of sp³-hybridized carbons (Fsp3) is 0.148. The van der Waals surface area contributed by atoms with Gasteiger partial charge in [0.05, 0.1) is 18.6 Å². The molecule has 0 amide bonds. The van der Waals surface area contributed by atoms with Gasteiger partial charge >= 0.3 is 0 Å². The normalized spacial score (nSPS) is 17.7. The van der Waals surface area contributed by atoms with E-state index in [2.05, 4.69) is 411 Å². The van der Waals surface area contributed by atoms with Crippen LogP contribution in [0.5, 0.6) is 11.5 Å². The van der Waals surface area contributed by atoms with Gasteiger partial charge in [0, 0.05) is 56.8 Å². The number of unbranched alkanes of at least 4 members (excludes halogenated alkanes) is 6. The summed E-state index contributed by atoms with van der Waals surface area (Å²) in [5, 5.41) is 0. The van der Waals surface area contributed by atoms with E-state index < -0.39 is 16.2 Å². The molecule has 0 radical (unpaired) electrons. The Kier molecular flexibility index (Phi) is 20.1. The van der Waals surface area contributed by atoms with E-state index in [1.54, 1.807) is 0 Å². The van der Waals surface area contributed by atoms with Gasteiger partial charge in [0.2, 0.25) is 0 Å². The maximum atomic E-state index is 6.28. The Hall–Kier alpha value is -13.5. The van der Waals surface area contributed by atoms with Crippen LogP contribution in [0.25, 0.3) is 67.8 Å². The predicted molar refractivity (Wildman–Crippen MR) is 496 cm³/mol. The first-order valence-electron chi connectivity index (χ1n) is 42.9. The van der Waals surface area contributed by atoms with Gasteiger partial charge in [-0.2, -0.15) is 0 Å². The van der Waals surface area contributed by atoms with E-state index in [4.69, 9.17) is 9.47 Å². The summed E-state index contributed by atoms with van der Waals surface area (Å²) in [6.07, 6.45) is 21.8. The molecule has 0 bridgehead atoms. The Morgan fingerprint density at radius 1 is 0.294 bits per heavy atom. The minimum absolute atomic E-state index is 0.0418. The molecule has 15 aromatic rings. The van der Waals surface area contributed by atoms with Crippen molar-refractivity contribution in [2.75, 3.05) is 23.0 Å². The van der Waals surface area contributed by atoms with Crippen LogP contribution < -0.4 is 19.3 Å². The Morgan fingerprint density at radius 2 is 0.655 bits per heavy atom. The fourth-order valence-electron chi connectivity index (χ4n) is 21.0. The Labute approximate surface area is 701 Å². The lowest BCUT2D eigenvalue weighted by Crippen LogP contribution is -2.34. The third-order valence-corrected chi connectivity index (χ3v) is 26.5. The van der Waals surface area contributed by atoms with Crippen molar-refractivity contribution in [3.8, 4) is 67.1 Å². The minimum atomic E-state index is -0.610. The molecule has 4 heteroatoms. The maximum Gasteiger partial charge on any atom is 0.119 e. The van der Waals surface area contributed by atoms with Crippen molar-refractivity contribution in [3.63, 3.8) is 0 Å². The van der Waals surface area contributed by atoms with Gasteiger partial charge in [0.15, 0.2) is 0 Å². The molecule has 0 N–H and O–H groups in total. The molecular weight excluding hydrogens is 1440 g/mol. The number of hydrogen-bond donors (Lipinski definition) is 0. The number of rotatable bonds is 28. The summed E-state index contributed by atoms with van der Waals surface area (Å²) in [5.74, 6) is 1.83. The van der Waals surface area contributed by atoms with Crippen molar-refractivity contribution in [2.45, 2.75) is 86.4 Å². The van der Waals surface area contributed by atoms with E-state index in [-0.39, 0.29) is 11.8 Å². The Balaban J connectivity index is 0.712. The lowest BCUT2D eigenvalue weighted by atomic mass is 9.65. The number of allylic oxidation sites excluding steroid dienone is 3. The molecule has 0 aliphatic heterocycles. The third kappa shape index (κ3) is 13.2. The predicted octanol–water partition coefficient (Wildman–Crippen LogP) is 29.8. The van der Waals surface area contributed by atoms with Crippen LogP contribution >= 0.6 is 0 Å². The molecule has 20 rings (SSSR count). The topological polar surface area (TPSA) is 24.9 Å². The van der Waals surface area contributed by atoms with Crippen molar-refractivity contribution in [3.05, 3.63) is 474 Å². The zero-order valence-electron chi connectivity index (χ0n) is 67.4. The van der Waals surface area contributed by atoms with E-state index in [1.807, 2.05) is 12.2 Å². The van der Waals surface area contributed by atoms with Gasteiger partial charge in [-0.25, -0.2) is 0 Å². The Bertz CT molecular complexity index is 6290. The largest absolute Gasteiger partial charge is 0.494 e. The highest BCUT2D eigenvalue weighted by Crippen LogP contribution is 2.67. The lowest BCUT2D eigenvalue weighted by molar-refractivity contribution is 0.303. The average Bonchev–Trinajstić information content (AvgIpc) is 1.51. The second kappa shape index (κ2) is 32.2. The summed E-state index contributed by atoms with van der Waals surface area (Å²) in [7, 11) is 0. The van der Waals surface area contributed by atoms with Crippen LogP contribution in [0.4, 0.5) is 28.4 Å². The standard InChI is InChI=1S/C115H96N2O2/c1-3-81-49-65-95(66-50-81)118-75-31-7-5-29-73-113(87-37-17-11-18-38-87)105-45-25-21-41-97(105)101-69-61-91(77-109(101)113)116(89-57-53-85(54-58-89)83-33-13-9-14-34-83)93-63-71-103-99-43-23-27-47-107(99)115(111(103)79-93)108-48-28-24-44-100(108)104-72-64-94(80-112(104)115)117(90-59-55-86(56-60-90)84-35-15-10-16-36-84)92-62-70-102-98-42-22-26-46-106(98)114(110(102)78-92,88-39-19-12-20-40-88)74-30-6-8-32-76-119-96-67-51-82(4-2)52-68-96/h3-4,9-28,33-72,77-80,103,111H,1-2,5-8,29-32,73-76H2. The highest BCUT2D eigenvalue weighted by atomic mass is 16.5. The first kappa shape index (κ1) is 74.3. The molecule has 0 saturated heterocycles. The first-order valence-corrected chi connectivity index (χ1v) is 42.9. The number of fused-ring (bicyclic) bond motifs is 16. The fourth-order valence-corrected chi connectivity index (χ4v) is 21.0. The highest BCUT2D eigenvalue weighted by molar-refractivity contribution is 5.93. The molecule has 5 unspecified atom stereocenters. The molecular formula is C115H96N2O2. The second-order valence-corrected chi connectivity index (χ2v) is 32.8. The van der Waals surface area contributed by atoms with Crippen LogP contribution in [0.2, 0.25) is 0 Å². The number of ether oxygens (including phenoxy) is 2. The Morgan fingerprint density at radius 3 is 1.13 bits per heavy atom. The minimum Gasteiger partial charge on any atom is -0.494 e. The highest BCUT2D eigenvalue weighted by Gasteiger charge is 2.58. The number of anilines is 5. The zero-order chi connectivity index (χ0) is 79.7. The van der Waals surface area contributed by atoms with Gasteiger partial charge in [-0.3, -0.25) is 0 Å². The van der Waals surface area contributed by atoms with E-state index in [9.17, 15) is 0 Å². The van der Waals surface area contributed by atoms with Gasteiger partial charge in [-0.1, -0.05) is 361 Å². The smallest absolute Gasteiger partial charge is 0.119 e. The third-order valence-electron chi connectivity index (χ3n) is 26.5. The quantitative estimate of drug-likeness (QED) is 0.0456. The second-order valence-electron chi connectivity index (χ2n) is 32.8. The van der Waals surface area contributed by atoms with Crippen molar-refractivity contribution >= 4 is 40.6 Å². The van der Waals surface area contributed by atoms with E-state index >= 15 is 0 Å².